The van der Waals surface area contributed by atoms with E-state index in [4.69, 9.17) is 22.1 Å². The summed E-state index contributed by atoms with van der Waals surface area (Å²) in [6.07, 6.45) is 2.14. The minimum atomic E-state index is -1.58. The lowest BCUT2D eigenvalue weighted by Gasteiger charge is -2.31. The van der Waals surface area contributed by atoms with Gasteiger partial charge in [-0.15, -0.1) is 0 Å². The first-order valence-electron chi connectivity index (χ1n) is 10.6. The fourth-order valence-electron chi connectivity index (χ4n) is 4.03. The first kappa shape index (κ1) is 23.7. The van der Waals surface area contributed by atoms with Crippen LogP contribution in [0.15, 0.2) is 47.5 Å². The number of carbonyl (C=O) groups is 3. The summed E-state index contributed by atoms with van der Waals surface area (Å²) >= 11 is 5.95. The van der Waals surface area contributed by atoms with E-state index >= 15 is 0 Å². The molecule has 178 valence electrons. The van der Waals surface area contributed by atoms with Crippen LogP contribution in [-0.4, -0.2) is 49.9 Å². The minimum absolute atomic E-state index is 0.0212. The van der Waals surface area contributed by atoms with Crippen molar-refractivity contribution < 1.29 is 23.5 Å². The topological polar surface area (TPSA) is 135 Å². The quantitative estimate of drug-likeness (QED) is 0.470. The molecule has 0 bridgehead atoms. The number of halogens is 2. The number of aliphatic imine (C=N–C) groups is 1. The van der Waals surface area contributed by atoms with Crippen LogP contribution in [0.2, 0.25) is 5.02 Å². The second-order valence-corrected chi connectivity index (χ2v) is 8.53. The zero-order valence-electron chi connectivity index (χ0n) is 18.0. The van der Waals surface area contributed by atoms with Crippen molar-refractivity contribution >= 4 is 41.3 Å². The largest absolute Gasteiger partial charge is 0.381 e. The first-order valence-corrected chi connectivity index (χ1v) is 11.0. The Morgan fingerprint density at radius 3 is 2.65 bits per heavy atom. The predicted molar refractivity (Wildman–Crippen MR) is 124 cm³/mol. The number of ether oxygens (including phenoxy) is 1. The normalized spacial score (nSPS) is 23.4. The van der Waals surface area contributed by atoms with E-state index in [-0.39, 0.29) is 16.5 Å². The predicted octanol–water partition coefficient (Wildman–Crippen LogP) is 1.56. The minimum Gasteiger partial charge on any atom is -0.381 e. The number of hydrogen-bond donors (Lipinski definition) is 4. The number of nitrogens with zero attached hydrogens (tertiary/aromatic N) is 1. The number of primary amides is 1. The van der Waals surface area contributed by atoms with Crippen molar-refractivity contribution in [3.05, 3.63) is 64.4 Å². The lowest BCUT2D eigenvalue weighted by atomic mass is 9.82. The van der Waals surface area contributed by atoms with Gasteiger partial charge in [0.15, 0.2) is 11.6 Å². The van der Waals surface area contributed by atoms with Crippen LogP contribution in [0.1, 0.15) is 22.3 Å². The Bertz CT molecular complexity index is 1140. The molecule has 0 aliphatic carbocycles. The van der Waals surface area contributed by atoms with Gasteiger partial charge in [0.1, 0.15) is 5.82 Å². The summed E-state index contributed by atoms with van der Waals surface area (Å²) < 4.78 is 18.6. The molecule has 0 saturated carbocycles. The Kier molecular flexibility index (Phi) is 6.80. The Labute approximate surface area is 199 Å². The summed E-state index contributed by atoms with van der Waals surface area (Å²) in [5, 5.41) is 8.32. The molecular weight excluding hydrogens is 465 g/mol. The van der Waals surface area contributed by atoms with Crippen LogP contribution in [-0.2, 0) is 19.9 Å². The van der Waals surface area contributed by atoms with Crippen LogP contribution in [0.3, 0.4) is 0 Å². The van der Waals surface area contributed by atoms with Gasteiger partial charge < -0.3 is 26.4 Å². The monoisotopic (exact) mass is 487 g/mol. The lowest BCUT2D eigenvalue weighted by Crippen LogP contribution is -2.60. The summed E-state index contributed by atoms with van der Waals surface area (Å²) in [6.45, 7) is 1.64. The van der Waals surface area contributed by atoms with Gasteiger partial charge in [-0.2, -0.15) is 0 Å². The Morgan fingerprint density at radius 1 is 1.24 bits per heavy atom. The molecule has 3 atom stereocenters. The number of nitrogens with one attached hydrogen (secondary N) is 3. The molecule has 2 aromatic carbocycles. The number of carbonyl (C=O) groups excluding carboxylic acids is 3. The SMILES string of the molecule is NC(=O)C1(c2ccc(NC(=O)c3ccc(F)cc3Cl)cc2)NC=NC1C(=O)NCC1CCOC1. The standard InChI is InChI=1S/C23H23ClFN5O4/c24-18-9-15(25)3-6-17(18)20(31)30-16-4-1-14(2-5-16)23(22(26)33)19(28-12-29-23)21(32)27-10-13-7-8-34-11-13/h1-6,9,12-13,19H,7-8,10-11H2,(H2,26,33)(H,27,32)(H,28,29)(H,30,31). The summed E-state index contributed by atoms with van der Waals surface area (Å²) in [7, 11) is 0. The smallest absolute Gasteiger partial charge is 0.257 e. The van der Waals surface area contributed by atoms with Gasteiger partial charge in [-0.3, -0.25) is 19.4 Å². The van der Waals surface area contributed by atoms with E-state index in [1.165, 1.54) is 12.4 Å². The Hall–Kier alpha value is -3.50. The molecule has 3 amide bonds. The highest BCUT2D eigenvalue weighted by atomic mass is 35.5. The van der Waals surface area contributed by atoms with E-state index in [2.05, 4.69) is 20.9 Å². The summed E-state index contributed by atoms with van der Waals surface area (Å²) in [4.78, 5) is 42.1. The van der Waals surface area contributed by atoms with E-state index in [9.17, 15) is 18.8 Å². The second-order valence-electron chi connectivity index (χ2n) is 8.13. The molecule has 4 rings (SSSR count). The van der Waals surface area contributed by atoms with Crippen LogP contribution in [0.25, 0.3) is 0 Å². The molecule has 0 spiro atoms. The number of nitrogens with two attached hydrogens (primary N) is 1. The molecule has 2 heterocycles. The lowest BCUT2D eigenvalue weighted by molar-refractivity contribution is -0.131. The molecule has 2 aromatic rings. The number of anilines is 1. The maximum absolute atomic E-state index is 13.2. The average Bonchev–Trinajstić information content (AvgIpc) is 3.48. The van der Waals surface area contributed by atoms with Gasteiger partial charge in [-0.1, -0.05) is 23.7 Å². The van der Waals surface area contributed by atoms with Crippen molar-refractivity contribution in [1.82, 2.24) is 10.6 Å². The number of hydrogen-bond acceptors (Lipinski definition) is 6. The van der Waals surface area contributed by atoms with Crippen molar-refractivity contribution in [2.45, 2.75) is 18.0 Å². The number of rotatable bonds is 7. The third-order valence-corrected chi connectivity index (χ3v) is 6.24. The van der Waals surface area contributed by atoms with Gasteiger partial charge in [-0.05, 0) is 42.3 Å². The maximum atomic E-state index is 13.2. The zero-order valence-corrected chi connectivity index (χ0v) is 18.8. The van der Waals surface area contributed by atoms with Crippen molar-refractivity contribution in [3.8, 4) is 0 Å². The first-order chi connectivity index (χ1) is 16.3. The average molecular weight is 488 g/mol. The van der Waals surface area contributed by atoms with Crippen molar-refractivity contribution in [2.75, 3.05) is 25.1 Å². The van der Waals surface area contributed by atoms with Crippen LogP contribution in [0.4, 0.5) is 10.1 Å². The Balaban J connectivity index is 1.50. The molecule has 0 radical (unpaired) electrons. The molecule has 1 saturated heterocycles. The highest BCUT2D eigenvalue weighted by molar-refractivity contribution is 6.34. The van der Waals surface area contributed by atoms with Gasteiger partial charge in [0.2, 0.25) is 5.91 Å². The number of amides is 3. The second kappa shape index (κ2) is 9.78. The van der Waals surface area contributed by atoms with Crippen LogP contribution >= 0.6 is 11.6 Å². The molecule has 34 heavy (non-hydrogen) atoms. The van der Waals surface area contributed by atoms with E-state index in [1.54, 1.807) is 24.3 Å². The third-order valence-electron chi connectivity index (χ3n) is 5.93. The molecule has 3 unspecified atom stereocenters. The van der Waals surface area contributed by atoms with Crippen molar-refractivity contribution in [2.24, 2.45) is 16.6 Å². The number of benzene rings is 2. The molecule has 0 aromatic heterocycles. The van der Waals surface area contributed by atoms with E-state index in [0.29, 0.717) is 31.0 Å². The molecule has 2 aliphatic rings. The third kappa shape index (κ3) is 4.59. The van der Waals surface area contributed by atoms with Crippen molar-refractivity contribution in [3.63, 3.8) is 0 Å². The highest BCUT2D eigenvalue weighted by Crippen LogP contribution is 2.31. The van der Waals surface area contributed by atoms with Gasteiger partial charge in [0, 0.05) is 24.8 Å². The van der Waals surface area contributed by atoms with Gasteiger partial charge in [0.05, 0.1) is 23.5 Å². The molecule has 5 N–H and O–H groups in total. The van der Waals surface area contributed by atoms with Crippen LogP contribution < -0.4 is 21.7 Å². The molecule has 9 nitrogen and oxygen atoms in total. The van der Waals surface area contributed by atoms with Crippen molar-refractivity contribution in [1.29, 1.82) is 0 Å². The molecule has 2 aliphatic heterocycles. The summed E-state index contributed by atoms with van der Waals surface area (Å²) in [6, 6.07) is 8.61. The fourth-order valence-corrected chi connectivity index (χ4v) is 4.29. The summed E-state index contributed by atoms with van der Waals surface area (Å²) in [5.41, 5.74) is 5.06. The van der Waals surface area contributed by atoms with Gasteiger partial charge in [0.25, 0.3) is 11.8 Å². The fraction of sp³-hybridized carbons (Fsp3) is 0.304. The van der Waals surface area contributed by atoms with Gasteiger partial charge >= 0.3 is 0 Å². The maximum Gasteiger partial charge on any atom is 0.257 e. The Morgan fingerprint density at radius 2 is 2.00 bits per heavy atom. The van der Waals surface area contributed by atoms with Crippen LogP contribution in [0, 0.1) is 11.7 Å². The van der Waals surface area contributed by atoms with E-state index in [1.807, 2.05) is 0 Å². The zero-order chi connectivity index (χ0) is 24.3. The molecule has 1 fully saturated rings. The van der Waals surface area contributed by atoms with E-state index < -0.39 is 35.1 Å². The molecule has 11 heteroatoms. The van der Waals surface area contributed by atoms with Crippen LogP contribution in [0.5, 0.6) is 0 Å². The molecular formula is C23H23ClFN5O4. The summed E-state index contributed by atoms with van der Waals surface area (Å²) in [5.74, 6) is -2.08. The van der Waals surface area contributed by atoms with E-state index in [0.717, 1.165) is 18.6 Å². The van der Waals surface area contributed by atoms with Gasteiger partial charge in [-0.25, -0.2) is 4.39 Å². The highest BCUT2D eigenvalue weighted by Gasteiger charge is 2.52.